The zero-order valence-electron chi connectivity index (χ0n) is 19.8. The quantitative estimate of drug-likeness (QED) is 0.455. The monoisotopic (exact) mass is 494 g/mol. The van der Waals surface area contributed by atoms with E-state index in [0.29, 0.717) is 11.6 Å². The number of amides is 1. The highest BCUT2D eigenvalue weighted by molar-refractivity contribution is 6.31. The first-order valence-corrected chi connectivity index (χ1v) is 13.1. The lowest BCUT2D eigenvalue weighted by Crippen LogP contribution is -2.42. The van der Waals surface area contributed by atoms with Crippen LogP contribution in [0.25, 0.3) is 10.9 Å². The molecule has 3 aliphatic rings. The van der Waals surface area contributed by atoms with E-state index in [-0.39, 0.29) is 24.3 Å². The van der Waals surface area contributed by atoms with Crippen molar-refractivity contribution >= 4 is 28.6 Å². The number of hydrogen-bond donors (Lipinski definition) is 1. The van der Waals surface area contributed by atoms with Gasteiger partial charge in [0.15, 0.2) is 0 Å². The second-order valence-electron chi connectivity index (χ2n) is 9.84. The molecule has 2 fully saturated rings. The summed E-state index contributed by atoms with van der Waals surface area (Å²) in [6.45, 7) is 2.09. The third-order valence-corrected chi connectivity index (χ3v) is 7.80. The largest absolute Gasteiger partial charge is 0.490 e. The van der Waals surface area contributed by atoms with Gasteiger partial charge in [-0.05, 0) is 73.6 Å². The predicted octanol–water partition coefficient (Wildman–Crippen LogP) is 6.41. The van der Waals surface area contributed by atoms with E-state index >= 15 is 0 Å². The Bertz CT molecular complexity index is 1200. The Morgan fingerprint density at radius 3 is 2.54 bits per heavy atom. The Morgan fingerprint density at radius 2 is 1.77 bits per heavy atom. The van der Waals surface area contributed by atoms with Gasteiger partial charge in [0.05, 0.1) is 13.2 Å². The Balaban J connectivity index is 1.33. The van der Waals surface area contributed by atoms with Gasteiger partial charge in [0, 0.05) is 41.0 Å². The Morgan fingerprint density at radius 1 is 1.00 bits per heavy atom. The molecule has 6 nitrogen and oxygen atoms in total. The number of aromatic nitrogens is 1. The van der Waals surface area contributed by atoms with Crippen molar-refractivity contribution in [1.29, 1.82) is 0 Å². The molecule has 6 rings (SSSR count). The summed E-state index contributed by atoms with van der Waals surface area (Å²) in [5.41, 5.74) is 4.33. The Labute approximate surface area is 210 Å². The second-order valence-corrected chi connectivity index (χ2v) is 10.3. The summed E-state index contributed by atoms with van der Waals surface area (Å²) in [6.07, 6.45) is 6.73. The van der Waals surface area contributed by atoms with Gasteiger partial charge in [-0.25, -0.2) is 4.79 Å². The van der Waals surface area contributed by atoms with E-state index in [1.807, 2.05) is 35.2 Å². The van der Waals surface area contributed by atoms with Crippen molar-refractivity contribution in [3.05, 3.63) is 64.3 Å². The van der Waals surface area contributed by atoms with Gasteiger partial charge in [-0.3, -0.25) is 4.90 Å². The standard InChI is InChI=1S/C28H31ClN2O4/c29-19-7-10-25-24(17-19)23-11-14-31(28(32)35-20-3-1-2-4-20)27(26(23)30-25)18-5-8-21(9-6-18)34-22-12-15-33-16-13-22/h5-10,17,20,22,27,30H,1-4,11-16H2. The highest BCUT2D eigenvalue weighted by atomic mass is 35.5. The highest BCUT2D eigenvalue weighted by Gasteiger charge is 2.36. The van der Waals surface area contributed by atoms with Crippen LogP contribution in [0.4, 0.5) is 4.79 Å². The molecule has 1 amide bonds. The summed E-state index contributed by atoms with van der Waals surface area (Å²) in [6, 6.07) is 13.8. The molecule has 1 atom stereocenters. The van der Waals surface area contributed by atoms with Crippen LogP contribution in [-0.2, 0) is 15.9 Å². The molecule has 0 radical (unpaired) electrons. The van der Waals surface area contributed by atoms with Crippen LogP contribution in [0, 0.1) is 0 Å². The molecule has 184 valence electrons. The number of fused-ring (bicyclic) bond motifs is 3. The molecule has 0 spiro atoms. The molecule has 35 heavy (non-hydrogen) atoms. The van der Waals surface area contributed by atoms with Gasteiger partial charge in [0.1, 0.15) is 24.0 Å². The van der Waals surface area contributed by atoms with Crippen molar-refractivity contribution in [2.75, 3.05) is 19.8 Å². The third kappa shape index (κ3) is 4.62. The maximum atomic E-state index is 13.4. The van der Waals surface area contributed by atoms with E-state index in [9.17, 15) is 4.79 Å². The first-order valence-electron chi connectivity index (χ1n) is 12.8. The van der Waals surface area contributed by atoms with Gasteiger partial charge in [-0.15, -0.1) is 0 Å². The van der Waals surface area contributed by atoms with Crippen LogP contribution >= 0.6 is 11.6 Å². The maximum Gasteiger partial charge on any atom is 0.410 e. The minimum absolute atomic E-state index is 0.0290. The minimum atomic E-state index is -0.254. The lowest BCUT2D eigenvalue weighted by atomic mass is 9.92. The van der Waals surface area contributed by atoms with Crippen molar-refractivity contribution in [2.45, 2.75) is 63.2 Å². The number of aromatic amines is 1. The summed E-state index contributed by atoms with van der Waals surface area (Å²) in [7, 11) is 0. The molecular weight excluding hydrogens is 464 g/mol. The number of halogens is 1. The van der Waals surface area contributed by atoms with Gasteiger partial charge in [-0.1, -0.05) is 23.7 Å². The summed E-state index contributed by atoms with van der Waals surface area (Å²) in [5, 5.41) is 1.84. The molecule has 3 heterocycles. The van der Waals surface area contributed by atoms with Crippen molar-refractivity contribution in [1.82, 2.24) is 9.88 Å². The number of nitrogens with one attached hydrogen (secondary N) is 1. The molecule has 2 aliphatic heterocycles. The molecule has 1 aromatic heterocycles. The number of benzene rings is 2. The second kappa shape index (κ2) is 9.75. The fraction of sp³-hybridized carbons (Fsp3) is 0.464. The number of H-pyrrole nitrogens is 1. The molecule has 1 N–H and O–H groups in total. The van der Waals surface area contributed by atoms with E-state index in [1.54, 1.807) is 0 Å². The van der Waals surface area contributed by atoms with Gasteiger partial charge >= 0.3 is 6.09 Å². The van der Waals surface area contributed by atoms with Crippen molar-refractivity contribution in [3.8, 4) is 5.75 Å². The minimum Gasteiger partial charge on any atom is -0.490 e. The Hall–Kier alpha value is -2.70. The van der Waals surface area contributed by atoms with Crippen LogP contribution in [0.2, 0.25) is 5.02 Å². The average Bonchev–Trinajstić information content (AvgIpc) is 3.52. The first-order chi connectivity index (χ1) is 17.2. The number of ether oxygens (including phenoxy) is 3. The van der Waals surface area contributed by atoms with Crippen molar-refractivity contribution < 1.29 is 19.0 Å². The van der Waals surface area contributed by atoms with Crippen molar-refractivity contribution in [3.63, 3.8) is 0 Å². The van der Waals surface area contributed by atoms with E-state index < -0.39 is 0 Å². The van der Waals surface area contributed by atoms with Gasteiger partial charge in [0.25, 0.3) is 0 Å². The van der Waals surface area contributed by atoms with E-state index in [4.69, 9.17) is 25.8 Å². The van der Waals surface area contributed by atoms with Crippen LogP contribution in [0.15, 0.2) is 42.5 Å². The SMILES string of the molecule is O=C(OC1CCCC1)N1CCc2c([nH]c3ccc(Cl)cc23)C1c1ccc(OC2CCOCC2)cc1. The summed E-state index contributed by atoms with van der Waals surface area (Å²) in [5.74, 6) is 0.847. The molecule has 3 aromatic rings. The number of carbonyl (C=O) groups is 1. The zero-order chi connectivity index (χ0) is 23.8. The van der Waals surface area contributed by atoms with Crippen LogP contribution in [-0.4, -0.2) is 47.9 Å². The van der Waals surface area contributed by atoms with Crippen LogP contribution in [0.5, 0.6) is 5.75 Å². The first kappa shape index (κ1) is 22.7. The topological polar surface area (TPSA) is 63.8 Å². The van der Waals surface area contributed by atoms with E-state index in [2.05, 4.69) is 17.1 Å². The number of rotatable bonds is 4. The fourth-order valence-electron chi connectivity index (χ4n) is 5.74. The average molecular weight is 495 g/mol. The Kier molecular flexibility index (Phi) is 6.33. The normalized spacial score (nSPS) is 21.3. The smallest absolute Gasteiger partial charge is 0.410 e. The number of hydrogen-bond acceptors (Lipinski definition) is 4. The summed E-state index contributed by atoms with van der Waals surface area (Å²) in [4.78, 5) is 18.9. The van der Waals surface area contributed by atoms with Crippen molar-refractivity contribution in [2.24, 2.45) is 0 Å². The molecular formula is C28H31ClN2O4. The van der Waals surface area contributed by atoms with Gasteiger partial charge in [0.2, 0.25) is 0 Å². The summed E-state index contributed by atoms with van der Waals surface area (Å²) < 4.78 is 17.6. The molecule has 1 saturated carbocycles. The molecule has 1 unspecified atom stereocenters. The fourth-order valence-corrected chi connectivity index (χ4v) is 5.91. The molecule has 7 heteroatoms. The van der Waals surface area contributed by atoms with Crippen LogP contribution < -0.4 is 4.74 Å². The molecule has 2 aromatic carbocycles. The maximum absolute atomic E-state index is 13.4. The lowest BCUT2D eigenvalue weighted by Gasteiger charge is -2.36. The predicted molar refractivity (Wildman–Crippen MR) is 135 cm³/mol. The summed E-state index contributed by atoms with van der Waals surface area (Å²) >= 11 is 6.32. The lowest BCUT2D eigenvalue weighted by molar-refractivity contribution is 0.0255. The highest BCUT2D eigenvalue weighted by Crippen LogP contribution is 2.40. The van der Waals surface area contributed by atoms with Gasteiger partial charge in [-0.2, -0.15) is 0 Å². The number of carbonyl (C=O) groups excluding carboxylic acids is 1. The van der Waals surface area contributed by atoms with E-state index in [0.717, 1.165) is 86.1 Å². The molecule has 1 aliphatic carbocycles. The van der Waals surface area contributed by atoms with Gasteiger partial charge < -0.3 is 19.2 Å². The van der Waals surface area contributed by atoms with Crippen LogP contribution in [0.3, 0.4) is 0 Å². The number of nitrogens with zero attached hydrogens (tertiary/aromatic N) is 1. The van der Waals surface area contributed by atoms with Crippen LogP contribution in [0.1, 0.15) is 61.4 Å². The third-order valence-electron chi connectivity index (χ3n) is 7.56. The zero-order valence-corrected chi connectivity index (χ0v) is 20.6. The molecule has 1 saturated heterocycles. The van der Waals surface area contributed by atoms with E-state index in [1.165, 1.54) is 5.56 Å². The molecule has 0 bridgehead atoms.